The molecule has 23 heavy (non-hydrogen) atoms. The van der Waals surface area contributed by atoms with Crippen LogP contribution in [0.5, 0.6) is 0 Å². The lowest BCUT2D eigenvalue weighted by atomic mass is 10.1. The SMILES string of the molecule is COC(=O)c1ccncc1Nc1c(C)cnn1C1CCCNC1. The van der Waals surface area contributed by atoms with Gasteiger partial charge >= 0.3 is 5.97 Å². The summed E-state index contributed by atoms with van der Waals surface area (Å²) in [5.41, 5.74) is 2.10. The molecule has 1 aliphatic rings. The first-order valence-electron chi connectivity index (χ1n) is 7.75. The van der Waals surface area contributed by atoms with Crippen molar-refractivity contribution in [2.75, 3.05) is 25.5 Å². The van der Waals surface area contributed by atoms with Gasteiger partial charge in [0.15, 0.2) is 0 Å². The van der Waals surface area contributed by atoms with Crippen LogP contribution in [0.4, 0.5) is 11.5 Å². The second-order valence-corrected chi connectivity index (χ2v) is 5.66. The van der Waals surface area contributed by atoms with E-state index in [1.807, 2.05) is 17.8 Å². The zero-order chi connectivity index (χ0) is 16.2. The summed E-state index contributed by atoms with van der Waals surface area (Å²) in [5, 5.41) is 11.2. The Kier molecular flexibility index (Phi) is 4.57. The third-order valence-electron chi connectivity index (χ3n) is 4.07. The highest BCUT2D eigenvalue weighted by molar-refractivity contribution is 5.96. The number of piperidine rings is 1. The molecule has 2 aromatic heterocycles. The Balaban J connectivity index is 1.92. The van der Waals surface area contributed by atoms with E-state index in [9.17, 15) is 4.79 Å². The minimum atomic E-state index is -0.391. The van der Waals surface area contributed by atoms with Crippen molar-refractivity contribution in [2.45, 2.75) is 25.8 Å². The van der Waals surface area contributed by atoms with Crippen molar-refractivity contribution in [3.05, 3.63) is 35.8 Å². The molecule has 0 spiro atoms. The molecule has 0 amide bonds. The van der Waals surface area contributed by atoms with Crippen LogP contribution in [0, 0.1) is 6.92 Å². The van der Waals surface area contributed by atoms with Gasteiger partial charge in [0, 0.05) is 18.3 Å². The molecule has 1 aliphatic heterocycles. The van der Waals surface area contributed by atoms with Crippen LogP contribution in [0.3, 0.4) is 0 Å². The zero-order valence-electron chi connectivity index (χ0n) is 13.4. The fraction of sp³-hybridized carbons (Fsp3) is 0.438. The molecule has 0 saturated carbocycles. The normalized spacial score (nSPS) is 17.7. The molecule has 1 atom stereocenters. The maximum atomic E-state index is 11.9. The largest absolute Gasteiger partial charge is 0.465 e. The first-order valence-corrected chi connectivity index (χ1v) is 7.75. The molecule has 0 aromatic carbocycles. The number of aromatic nitrogens is 3. The van der Waals surface area contributed by atoms with E-state index in [1.165, 1.54) is 7.11 Å². The van der Waals surface area contributed by atoms with Crippen LogP contribution in [0.15, 0.2) is 24.7 Å². The van der Waals surface area contributed by atoms with Crippen molar-refractivity contribution in [2.24, 2.45) is 0 Å². The number of pyridine rings is 1. The van der Waals surface area contributed by atoms with E-state index in [1.54, 1.807) is 18.5 Å². The predicted octanol–water partition coefficient (Wildman–Crippen LogP) is 2.04. The Bertz CT molecular complexity index is 692. The molecule has 122 valence electrons. The third kappa shape index (κ3) is 3.19. The number of esters is 1. The predicted molar refractivity (Wildman–Crippen MR) is 87.0 cm³/mol. The van der Waals surface area contributed by atoms with Crippen LogP contribution in [0.25, 0.3) is 0 Å². The highest BCUT2D eigenvalue weighted by Crippen LogP contribution is 2.28. The van der Waals surface area contributed by atoms with Crippen LogP contribution in [-0.2, 0) is 4.74 Å². The van der Waals surface area contributed by atoms with E-state index in [0.717, 1.165) is 37.3 Å². The molecule has 0 radical (unpaired) electrons. The average molecular weight is 315 g/mol. The van der Waals surface area contributed by atoms with Crippen LogP contribution in [0.2, 0.25) is 0 Å². The smallest absolute Gasteiger partial charge is 0.340 e. The number of nitrogens with one attached hydrogen (secondary N) is 2. The van der Waals surface area contributed by atoms with Crippen molar-refractivity contribution in [3.8, 4) is 0 Å². The fourth-order valence-corrected chi connectivity index (χ4v) is 2.83. The van der Waals surface area contributed by atoms with Gasteiger partial charge in [-0.15, -0.1) is 0 Å². The number of nitrogens with zero attached hydrogens (tertiary/aromatic N) is 3. The topological polar surface area (TPSA) is 81.1 Å². The number of hydrogen-bond acceptors (Lipinski definition) is 6. The van der Waals surface area contributed by atoms with Gasteiger partial charge in [-0.25, -0.2) is 9.48 Å². The lowest BCUT2D eigenvalue weighted by Crippen LogP contribution is -2.32. The zero-order valence-corrected chi connectivity index (χ0v) is 13.4. The molecule has 1 saturated heterocycles. The van der Waals surface area contributed by atoms with Gasteiger partial charge in [0.05, 0.1) is 36.8 Å². The summed E-state index contributed by atoms with van der Waals surface area (Å²) in [6, 6.07) is 1.95. The van der Waals surface area contributed by atoms with Gasteiger partial charge in [-0.3, -0.25) is 4.98 Å². The van der Waals surface area contributed by atoms with Crippen molar-refractivity contribution in [3.63, 3.8) is 0 Å². The van der Waals surface area contributed by atoms with Crippen molar-refractivity contribution in [1.29, 1.82) is 0 Å². The molecule has 7 nitrogen and oxygen atoms in total. The summed E-state index contributed by atoms with van der Waals surface area (Å²) in [7, 11) is 1.37. The molecule has 1 unspecified atom stereocenters. The Morgan fingerprint density at radius 2 is 2.35 bits per heavy atom. The molecular weight excluding hydrogens is 294 g/mol. The summed E-state index contributed by atoms with van der Waals surface area (Å²) in [6.45, 7) is 3.94. The average Bonchev–Trinajstić information content (AvgIpc) is 2.96. The Labute approximate surface area is 135 Å². The van der Waals surface area contributed by atoms with Crippen molar-refractivity contribution in [1.82, 2.24) is 20.1 Å². The number of ether oxygens (including phenoxy) is 1. The third-order valence-corrected chi connectivity index (χ3v) is 4.07. The van der Waals surface area contributed by atoms with Gasteiger partial charge in [-0.2, -0.15) is 5.10 Å². The van der Waals surface area contributed by atoms with Gasteiger partial charge in [0.1, 0.15) is 5.82 Å². The summed E-state index contributed by atoms with van der Waals surface area (Å²) in [4.78, 5) is 16.0. The fourth-order valence-electron chi connectivity index (χ4n) is 2.83. The number of carbonyl (C=O) groups is 1. The highest BCUT2D eigenvalue weighted by Gasteiger charge is 2.21. The number of methoxy groups -OCH3 is 1. The van der Waals surface area contributed by atoms with E-state index in [2.05, 4.69) is 20.7 Å². The number of hydrogen-bond donors (Lipinski definition) is 2. The van der Waals surface area contributed by atoms with Crippen LogP contribution < -0.4 is 10.6 Å². The van der Waals surface area contributed by atoms with Crippen molar-refractivity contribution < 1.29 is 9.53 Å². The first kappa shape index (κ1) is 15.5. The monoisotopic (exact) mass is 315 g/mol. The molecule has 3 heterocycles. The molecule has 2 N–H and O–H groups in total. The van der Waals surface area contributed by atoms with Crippen molar-refractivity contribution >= 4 is 17.5 Å². The van der Waals surface area contributed by atoms with Crippen LogP contribution >= 0.6 is 0 Å². The second kappa shape index (κ2) is 6.78. The lowest BCUT2D eigenvalue weighted by molar-refractivity contribution is 0.0602. The maximum absolute atomic E-state index is 11.9. The van der Waals surface area contributed by atoms with E-state index < -0.39 is 5.97 Å². The standard InChI is InChI=1S/C16H21N5O2/c1-11-8-19-21(12-4-3-6-17-9-12)15(11)20-14-10-18-7-5-13(14)16(22)23-2/h5,7-8,10,12,17,20H,3-4,6,9H2,1-2H3. The lowest BCUT2D eigenvalue weighted by Gasteiger charge is -2.25. The minimum Gasteiger partial charge on any atom is -0.465 e. The number of aryl methyl sites for hydroxylation is 1. The van der Waals surface area contributed by atoms with Gasteiger partial charge in [0.25, 0.3) is 0 Å². The highest BCUT2D eigenvalue weighted by atomic mass is 16.5. The Morgan fingerprint density at radius 1 is 1.48 bits per heavy atom. The van der Waals surface area contributed by atoms with Crippen LogP contribution in [0.1, 0.15) is 34.8 Å². The molecule has 2 aromatic rings. The molecular formula is C16H21N5O2. The van der Waals surface area contributed by atoms with Gasteiger partial charge < -0.3 is 15.4 Å². The number of anilines is 2. The van der Waals surface area contributed by atoms with Gasteiger partial charge in [-0.05, 0) is 32.4 Å². The minimum absolute atomic E-state index is 0.304. The van der Waals surface area contributed by atoms with E-state index in [-0.39, 0.29) is 0 Å². The molecule has 0 aliphatic carbocycles. The Hall–Kier alpha value is -2.41. The number of carbonyl (C=O) groups excluding carboxylic acids is 1. The van der Waals surface area contributed by atoms with Gasteiger partial charge in [-0.1, -0.05) is 0 Å². The van der Waals surface area contributed by atoms with E-state index in [4.69, 9.17) is 4.74 Å². The van der Waals surface area contributed by atoms with E-state index >= 15 is 0 Å². The summed E-state index contributed by atoms with van der Waals surface area (Å²) >= 11 is 0. The molecule has 1 fully saturated rings. The summed E-state index contributed by atoms with van der Waals surface area (Å²) in [6.07, 6.45) is 7.25. The quantitative estimate of drug-likeness (QED) is 0.840. The number of rotatable bonds is 4. The Morgan fingerprint density at radius 3 is 3.09 bits per heavy atom. The van der Waals surface area contributed by atoms with E-state index in [0.29, 0.717) is 17.3 Å². The maximum Gasteiger partial charge on any atom is 0.340 e. The summed E-state index contributed by atoms with van der Waals surface area (Å²) < 4.78 is 6.83. The molecule has 3 rings (SSSR count). The van der Waals surface area contributed by atoms with Crippen LogP contribution in [-0.4, -0.2) is 40.9 Å². The molecule has 7 heteroatoms. The summed E-state index contributed by atoms with van der Waals surface area (Å²) in [5.74, 6) is 0.495. The second-order valence-electron chi connectivity index (χ2n) is 5.66. The first-order chi connectivity index (χ1) is 11.2. The van der Waals surface area contributed by atoms with Gasteiger partial charge in [0.2, 0.25) is 0 Å². The molecule has 0 bridgehead atoms.